The summed E-state index contributed by atoms with van der Waals surface area (Å²) in [6.45, 7) is 3.62. The van der Waals surface area contributed by atoms with E-state index in [2.05, 4.69) is 5.32 Å². The lowest BCUT2D eigenvalue weighted by Crippen LogP contribution is -2.33. The Morgan fingerprint density at radius 2 is 2.06 bits per heavy atom. The van der Waals surface area contributed by atoms with E-state index in [1.54, 1.807) is 6.07 Å². The van der Waals surface area contributed by atoms with Crippen molar-refractivity contribution in [2.45, 2.75) is 24.8 Å². The maximum atomic E-state index is 13.2. The lowest BCUT2D eigenvalue weighted by Gasteiger charge is -2.08. The van der Waals surface area contributed by atoms with E-state index in [0.29, 0.717) is 0 Å². The maximum absolute atomic E-state index is 13.2. The molecule has 0 aliphatic heterocycles. The first kappa shape index (κ1) is 12.8. The Hall–Kier alpha value is -1.23. The van der Waals surface area contributed by atoms with Crippen LogP contribution in [0.15, 0.2) is 29.2 Å². The van der Waals surface area contributed by atoms with Crippen LogP contribution in [-0.2, 0) is 15.6 Å². The Labute approximate surface area is 96.5 Å². The minimum atomic E-state index is -1.63. The van der Waals surface area contributed by atoms with Gasteiger partial charge in [-0.05, 0) is 26.0 Å². The van der Waals surface area contributed by atoms with Crippen LogP contribution in [0.3, 0.4) is 0 Å². The molecule has 88 valence electrons. The highest BCUT2D eigenvalue weighted by atomic mass is 32.2. The van der Waals surface area contributed by atoms with Crippen LogP contribution in [-0.4, -0.2) is 21.9 Å². The van der Waals surface area contributed by atoms with Gasteiger partial charge in [-0.3, -0.25) is 9.00 Å². The van der Waals surface area contributed by atoms with Crippen molar-refractivity contribution < 1.29 is 13.4 Å². The molecule has 0 saturated carbocycles. The molecule has 0 fully saturated rings. The number of rotatable bonds is 4. The van der Waals surface area contributed by atoms with Crippen LogP contribution < -0.4 is 5.32 Å². The molecule has 1 atom stereocenters. The van der Waals surface area contributed by atoms with Crippen LogP contribution in [0.5, 0.6) is 0 Å². The van der Waals surface area contributed by atoms with Crippen LogP contribution in [0.4, 0.5) is 4.39 Å². The fourth-order valence-corrected chi connectivity index (χ4v) is 2.18. The molecule has 0 aromatic heterocycles. The van der Waals surface area contributed by atoms with Crippen molar-refractivity contribution in [1.29, 1.82) is 0 Å². The second-order valence-electron chi connectivity index (χ2n) is 3.64. The summed E-state index contributed by atoms with van der Waals surface area (Å²) in [6, 6.07) is 5.76. The van der Waals surface area contributed by atoms with E-state index in [1.165, 1.54) is 18.2 Å². The first-order valence-electron chi connectivity index (χ1n) is 4.93. The van der Waals surface area contributed by atoms with Gasteiger partial charge in [0.25, 0.3) is 0 Å². The number of carbonyl (C=O) groups excluding carboxylic acids is 1. The molecule has 1 unspecified atom stereocenters. The molecule has 0 spiro atoms. The van der Waals surface area contributed by atoms with Crippen LogP contribution >= 0.6 is 0 Å². The Morgan fingerprint density at radius 1 is 1.44 bits per heavy atom. The van der Waals surface area contributed by atoms with Gasteiger partial charge in [-0.2, -0.15) is 0 Å². The van der Waals surface area contributed by atoms with E-state index in [4.69, 9.17) is 0 Å². The van der Waals surface area contributed by atoms with Gasteiger partial charge in [-0.15, -0.1) is 0 Å². The minimum Gasteiger partial charge on any atom is -0.353 e. The summed E-state index contributed by atoms with van der Waals surface area (Å²) in [5.41, 5.74) is 0. The minimum absolute atomic E-state index is 0.00915. The summed E-state index contributed by atoms with van der Waals surface area (Å²) >= 11 is 0. The van der Waals surface area contributed by atoms with Gasteiger partial charge in [-0.25, -0.2) is 4.39 Å². The van der Waals surface area contributed by atoms with E-state index >= 15 is 0 Å². The second kappa shape index (κ2) is 5.75. The van der Waals surface area contributed by atoms with E-state index < -0.39 is 16.6 Å². The zero-order valence-electron chi connectivity index (χ0n) is 9.20. The summed E-state index contributed by atoms with van der Waals surface area (Å²) in [4.78, 5) is 11.4. The molecule has 1 rings (SSSR count). The molecule has 0 aliphatic carbocycles. The number of carbonyl (C=O) groups is 1. The highest BCUT2D eigenvalue weighted by molar-refractivity contribution is 7.85. The largest absolute Gasteiger partial charge is 0.353 e. The van der Waals surface area contributed by atoms with Crippen LogP contribution in [0, 0.1) is 5.82 Å². The van der Waals surface area contributed by atoms with E-state index in [0.717, 1.165) is 0 Å². The van der Waals surface area contributed by atoms with Crippen molar-refractivity contribution in [3.8, 4) is 0 Å². The van der Waals surface area contributed by atoms with Gasteiger partial charge in [0.2, 0.25) is 5.91 Å². The SMILES string of the molecule is CC(C)NC(=O)CS(=O)c1ccccc1F. The van der Waals surface area contributed by atoms with Gasteiger partial charge in [0.15, 0.2) is 0 Å². The predicted octanol–water partition coefficient (Wildman–Crippen LogP) is 1.46. The predicted molar refractivity (Wildman–Crippen MR) is 61.0 cm³/mol. The average Bonchev–Trinajstić information content (AvgIpc) is 2.16. The number of hydrogen-bond donors (Lipinski definition) is 1. The Balaban J connectivity index is 2.66. The van der Waals surface area contributed by atoms with E-state index in [1.807, 2.05) is 13.8 Å². The molecule has 0 aliphatic rings. The fraction of sp³-hybridized carbons (Fsp3) is 0.364. The molecular formula is C11H14FNO2S. The van der Waals surface area contributed by atoms with Gasteiger partial charge >= 0.3 is 0 Å². The second-order valence-corrected chi connectivity index (χ2v) is 5.06. The van der Waals surface area contributed by atoms with Crippen LogP contribution in [0.25, 0.3) is 0 Å². The highest BCUT2D eigenvalue weighted by Gasteiger charge is 2.13. The van der Waals surface area contributed by atoms with Crippen molar-refractivity contribution in [2.75, 3.05) is 5.75 Å². The Morgan fingerprint density at radius 3 is 2.62 bits per heavy atom. The molecule has 0 heterocycles. The van der Waals surface area contributed by atoms with Crippen molar-refractivity contribution in [2.24, 2.45) is 0 Å². The zero-order chi connectivity index (χ0) is 12.1. The van der Waals surface area contributed by atoms with Gasteiger partial charge in [-0.1, -0.05) is 12.1 Å². The van der Waals surface area contributed by atoms with Crippen LogP contribution in [0.2, 0.25) is 0 Å². The number of halogens is 1. The number of nitrogens with one attached hydrogen (secondary N) is 1. The van der Waals surface area contributed by atoms with Crippen molar-refractivity contribution in [3.05, 3.63) is 30.1 Å². The van der Waals surface area contributed by atoms with Crippen molar-refractivity contribution in [3.63, 3.8) is 0 Å². The van der Waals surface area contributed by atoms with Crippen molar-refractivity contribution >= 4 is 16.7 Å². The number of benzene rings is 1. The number of amides is 1. The van der Waals surface area contributed by atoms with Gasteiger partial charge < -0.3 is 5.32 Å². The molecule has 1 amide bonds. The molecule has 0 saturated heterocycles. The molecule has 1 aromatic rings. The number of hydrogen-bond acceptors (Lipinski definition) is 2. The normalized spacial score (nSPS) is 12.5. The van der Waals surface area contributed by atoms with E-state index in [-0.39, 0.29) is 22.6 Å². The average molecular weight is 243 g/mol. The molecule has 0 bridgehead atoms. The topological polar surface area (TPSA) is 46.2 Å². The summed E-state index contributed by atoms with van der Waals surface area (Å²) in [6.07, 6.45) is 0. The monoisotopic (exact) mass is 243 g/mol. The van der Waals surface area contributed by atoms with E-state index in [9.17, 15) is 13.4 Å². The summed E-state index contributed by atoms with van der Waals surface area (Å²) in [5.74, 6) is -1.09. The summed E-state index contributed by atoms with van der Waals surface area (Å²) in [5, 5.41) is 2.61. The lowest BCUT2D eigenvalue weighted by atomic mass is 10.3. The van der Waals surface area contributed by atoms with Crippen molar-refractivity contribution in [1.82, 2.24) is 5.32 Å². The zero-order valence-corrected chi connectivity index (χ0v) is 10.0. The molecule has 0 radical (unpaired) electrons. The molecule has 1 N–H and O–H groups in total. The smallest absolute Gasteiger partial charge is 0.233 e. The Kier molecular flexibility index (Phi) is 4.61. The first-order chi connectivity index (χ1) is 7.50. The van der Waals surface area contributed by atoms with Gasteiger partial charge in [0.05, 0.1) is 15.7 Å². The van der Waals surface area contributed by atoms with Crippen LogP contribution in [0.1, 0.15) is 13.8 Å². The molecule has 16 heavy (non-hydrogen) atoms. The molecule has 5 heteroatoms. The summed E-state index contributed by atoms with van der Waals surface area (Å²) < 4.78 is 24.9. The first-order valence-corrected chi connectivity index (χ1v) is 6.25. The molecular weight excluding hydrogens is 229 g/mol. The quantitative estimate of drug-likeness (QED) is 0.870. The highest BCUT2D eigenvalue weighted by Crippen LogP contribution is 2.11. The standard InChI is InChI=1S/C11H14FNO2S/c1-8(2)13-11(14)7-16(15)10-6-4-3-5-9(10)12/h3-6,8H,7H2,1-2H3,(H,13,14). The van der Waals surface area contributed by atoms with Gasteiger partial charge in [0, 0.05) is 6.04 Å². The Bertz CT molecular complexity index is 407. The molecule has 1 aromatic carbocycles. The lowest BCUT2D eigenvalue weighted by molar-refractivity contribution is -0.119. The third-order valence-electron chi connectivity index (χ3n) is 1.79. The van der Waals surface area contributed by atoms with Gasteiger partial charge in [0.1, 0.15) is 11.6 Å². The fourth-order valence-electron chi connectivity index (χ4n) is 1.19. The molecule has 3 nitrogen and oxygen atoms in total. The maximum Gasteiger partial charge on any atom is 0.233 e. The summed E-state index contributed by atoms with van der Waals surface area (Å²) in [7, 11) is -1.63. The third kappa shape index (κ3) is 3.73. The third-order valence-corrected chi connectivity index (χ3v) is 3.14.